The van der Waals surface area contributed by atoms with Gasteiger partial charge in [-0.1, -0.05) is 17.4 Å². The number of carboxylic acid groups (broad SMARTS) is 3. The number of amides is 9. The number of carbonyl (C=O) groups excluding carboxylic acids is 9. The third-order valence-electron chi connectivity index (χ3n) is 14.0. The van der Waals surface area contributed by atoms with Crippen molar-refractivity contribution in [2.45, 2.75) is 191 Å². The van der Waals surface area contributed by atoms with Gasteiger partial charge in [0, 0.05) is 44.0 Å². The second-order valence-corrected chi connectivity index (χ2v) is 25.7. The lowest BCUT2D eigenvalue weighted by atomic mass is 10.0. The Hall–Kier alpha value is -7.90. The van der Waals surface area contributed by atoms with Crippen LogP contribution in [0.15, 0.2) is 12.4 Å². The van der Waals surface area contributed by atoms with E-state index in [9.17, 15) is 96.5 Å². The number of aliphatic carboxylic acids is 3. The lowest BCUT2D eigenvalue weighted by Crippen LogP contribution is -2.60. The van der Waals surface area contributed by atoms with Gasteiger partial charge in [0.05, 0.1) is 36.8 Å². The zero-order valence-corrected chi connectivity index (χ0v) is 53.9. The van der Waals surface area contributed by atoms with Gasteiger partial charge in [-0.3, -0.25) is 71.2 Å². The van der Waals surface area contributed by atoms with E-state index in [4.69, 9.17) is 22.3 Å². The van der Waals surface area contributed by atoms with Crippen LogP contribution >= 0.6 is 15.2 Å². The van der Waals surface area contributed by atoms with Crippen molar-refractivity contribution < 1.29 is 102 Å². The summed E-state index contributed by atoms with van der Waals surface area (Å²) in [6.45, 7) is 4.96. The number of rotatable bonds is 47. The largest absolute Gasteiger partial charge is 0.481 e. The summed E-state index contributed by atoms with van der Waals surface area (Å²) >= 11 is 0. The Kier molecular flexibility index (Phi) is 35.7. The van der Waals surface area contributed by atoms with Gasteiger partial charge in [-0.15, -0.1) is 10.2 Å². The van der Waals surface area contributed by atoms with Gasteiger partial charge < -0.3 is 99.9 Å². The second-order valence-electron chi connectivity index (χ2n) is 22.1. The highest BCUT2D eigenvalue weighted by atomic mass is 31.2. The number of hydrogen-bond donors (Lipinski definition) is 19. The van der Waals surface area contributed by atoms with E-state index >= 15 is 0 Å². The smallest absolute Gasteiger partial charge is 0.327 e. The fourth-order valence-electron chi connectivity index (χ4n) is 8.55. The van der Waals surface area contributed by atoms with Crippen molar-refractivity contribution in [3.8, 4) is 0 Å². The molecule has 0 fully saturated rings. The Labute approximate surface area is 534 Å². The van der Waals surface area contributed by atoms with E-state index in [2.05, 4.69) is 68.5 Å². The highest BCUT2D eigenvalue weighted by molar-refractivity contribution is 7.52. The third kappa shape index (κ3) is 33.0. The number of aryl methyl sites for hydroxylation is 2. The van der Waals surface area contributed by atoms with Crippen molar-refractivity contribution in [1.82, 2.24) is 77.8 Å². The van der Waals surface area contributed by atoms with Gasteiger partial charge in [-0.2, -0.15) is 0 Å². The molecule has 41 heteroatoms. The molecule has 0 saturated heterocycles. The van der Waals surface area contributed by atoms with Gasteiger partial charge in [-0.25, -0.2) is 4.79 Å². The fraction of sp³-hybridized carbons (Fsp3) is 0.692. The molecule has 524 valence electrons. The minimum Gasteiger partial charge on any atom is -0.481 e. The van der Waals surface area contributed by atoms with Crippen molar-refractivity contribution in [3.05, 3.63) is 23.8 Å². The van der Waals surface area contributed by atoms with Gasteiger partial charge in [0.25, 0.3) is 0 Å². The summed E-state index contributed by atoms with van der Waals surface area (Å²) in [4.78, 5) is 197. The number of carboxylic acids is 3. The van der Waals surface area contributed by atoms with Gasteiger partial charge in [-0.05, 0) is 111 Å². The van der Waals surface area contributed by atoms with E-state index < -0.39 is 185 Å². The number of carbonyl (C=O) groups is 12. The maximum Gasteiger partial charge on any atom is 0.327 e. The third-order valence-corrected chi connectivity index (χ3v) is 15.6. The van der Waals surface area contributed by atoms with E-state index in [1.54, 1.807) is 0 Å². The van der Waals surface area contributed by atoms with Crippen molar-refractivity contribution in [1.29, 1.82) is 0 Å². The summed E-state index contributed by atoms with van der Waals surface area (Å²) in [6, 6.07) is -13.6. The highest BCUT2D eigenvalue weighted by Crippen LogP contribution is 2.34. The summed E-state index contributed by atoms with van der Waals surface area (Å²) in [6.07, 6.45) is 0.277. The van der Waals surface area contributed by atoms with Gasteiger partial charge in [0.1, 0.15) is 54.4 Å². The van der Waals surface area contributed by atoms with Crippen molar-refractivity contribution >= 4 is 86.3 Å². The Morgan fingerprint density at radius 2 is 0.720 bits per heavy atom. The molecular formula is C52H90N18O21P2. The first-order valence-corrected chi connectivity index (χ1v) is 33.5. The van der Waals surface area contributed by atoms with E-state index in [0.29, 0.717) is 25.7 Å². The van der Waals surface area contributed by atoms with Crippen molar-refractivity contribution in [2.75, 3.05) is 32.0 Å². The average molecular weight is 1370 g/mol. The van der Waals surface area contributed by atoms with Crippen LogP contribution in [-0.2, 0) is 92.6 Å². The standard InChI is InChI=1S/C52H90N18O21P2/c1-29(14-16-41(71)72)43(75)59-37(15-17-42(73)74)47(79)56-30(2)44(76)60-35(11-5-8-18-53)48(80)63-39(25-33-27-69(67-65-33)21-23-92(86,87)88)50(82)57-31(3)45(77)61-36(12-6-9-19-54)49(81)64-40(26-34-28-70(68-66-34)22-24-93(89,90)91)51(83)58-32(4)46(78)62-38(52(84)85)13-7-10-20-55/h27-32,35-40H,5-26,53-55H2,1-4H3,(H,56,79)(H,57,82)(H,58,83)(H,59,75)(H,60,76)(H,61,77)(H,62,78)(H,63,80)(H,64,81)(H,71,72)(H,73,74)(H,84,85)(H2,86,87,88)(H2,89,90,91)/t29-,30-,31-,32-,35-,36-,37-,38-,39-,40-/m0/s1. The lowest BCUT2D eigenvalue weighted by molar-refractivity contribution is -0.142. The maximum atomic E-state index is 14.4. The van der Waals surface area contributed by atoms with Gasteiger partial charge >= 0.3 is 33.1 Å². The first kappa shape index (κ1) is 81.2. The zero-order chi connectivity index (χ0) is 70.2. The van der Waals surface area contributed by atoms with Gasteiger partial charge in [0.15, 0.2) is 0 Å². The van der Waals surface area contributed by atoms with Gasteiger partial charge in [0.2, 0.25) is 53.2 Å². The maximum absolute atomic E-state index is 14.4. The molecule has 0 aliphatic heterocycles. The van der Waals surface area contributed by atoms with Crippen molar-refractivity contribution in [2.24, 2.45) is 23.1 Å². The number of nitrogens with zero attached hydrogens (tertiary/aromatic N) is 6. The summed E-state index contributed by atoms with van der Waals surface area (Å²) in [5, 5.41) is 65.7. The molecular weight excluding hydrogens is 1270 g/mol. The molecule has 22 N–H and O–H groups in total. The van der Waals surface area contributed by atoms with Crippen LogP contribution in [0.25, 0.3) is 0 Å². The van der Waals surface area contributed by atoms with E-state index in [1.165, 1.54) is 40.1 Å². The quantitative estimate of drug-likeness (QED) is 0.0217. The number of nitrogens with one attached hydrogen (secondary N) is 9. The molecule has 0 aliphatic carbocycles. The zero-order valence-electron chi connectivity index (χ0n) is 52.1. The molecule has 0 aliphatic rings. The Balaban J connectivity index is 2.52. The molecule has 0 radical (unpaired) electrons. The number of hydrogen-bond acceptors (Lipinski definition) is 21. The fourth-order valence-corrected chi connectivity index (χ4v) is 9.48. The van der Waals surface area contributed by atoms with Crippen LogP contribution in [-0.4, -0.2) is 222 Å². The highest BCUT2D eigenvalue weighted by Gasteiger charge is 2.35. The molecule has 0 spiro atoms. The minimum absolute atomic E-state index is 0.00405. The molecule has 2 rings (SSSR count). The Bertz CT molecular complexity index is 2940. The Morgan fingerprint density at radius 1 is 0.419 bits per heavy atom. The minimum atomic E-state index is -4.53. The predicted octanol–water partition coefficient (Wildman–Crippen LogP) is -5.73. The molecule has 0 unspecified atom stereocenters. The van der Waals surface area contributed by atoms with Crippen LogP contribution in [0, 0.1) is 5.92 Å². The number of aromatic nitrogens is 6. The second kappa shape index (κ2) is 40.9. The van der Waals surface area contributed by atoms with Crippen LogP contribution < -0.4 is 65.1 Å². The van der Waals surface area contributed by atoms with Crippen LogP contribution in [0.1, 0.15) is 123 Å². The van der Waals surface area contributed by atoms with Crippen LogP contribution in [0.5, 0.6) is 0 Å². The molecule has 93 heavy (non-hydrogen) atoms. The van der Waals surface area contributed by atoms with Crippen LogP contribution in [0.2, 0.25) is 0 Å². The summed E-state index contributed by atoms with van der Waals surface area (Å²) < 4.78 is 25.3. The average Bonchev–Trinajstić information content (AvgIpc) is 1.90. The SMILES string of the molecule is C[C@H](NC(=O)[C@H](Cc1cn(CCP(=O)(O)O)nn1)NC(=O)[C@H](CCCCN)NC(=O)[C@H](C)NC(=O)[C@H](Cc1cn(CCP(=O)(O)O)nn1)NC(=O)[C@H](CCCCN)NC(=O)[C@H](C)NC(=O)[C@H](CCC(=O)O)NC(=O)[C@@H](C)CCC(=O)O)C(=O)N[C@@H](CCCCN)C(=O)O. The topological polar surface area (TPSA) is 628 Å². The predicted molar refractivity (Wildman–Crippen MR) is 325 cm³/mol. The van der Waals surface area contributed by atoms with E-state index in [1.807, 2.05) is 0 Å². The number of nitrogens with two attached hydrogens (primary N) is 3. The lowest BCUT2D eigenvalue weighted by Gasteiger charge is -2.27. The molecule has 9 amide bonds. The summed E-state index contributed by atoms with van der Waals surface area (Å²) in [5.41, 5.74) is 17.0. The first-order valence-electron chi connectivity index (χ1n) is 29.9. The molecule has 0 aromatic carbocycles. The molecule has 2 aromatic rings. The molecule has 2 aromatic heterocycles. The molecule has 0 bridgehead atoms. The molecule has 2 heterocycles. The van der Waals surface area contributed by atoms with Crippen LogP contribution in [0.3, 0.4) is 0 Å². The first-order chi connectivity index (χ1) is 43.6. The molecule has 39 nitrogen and oxygen atoms in total. The van der Waals surface area contributed by atoms with E-state index in [0.717, 1.165) is 9.36 Å². The summed E-state index contributed by atoms with van der Waals surface area (Å²) in [7, 11) is -9.03. The van der Waals surface area contributed by atoms with Crippen LogP contribution in [0.4, 0.5) is 0 Å². The normalized spacial score (nSPS) is 14.8. The number of unbranched alkanes of at least 4 members (excludes halogenated alkanes) is 3. The van der Waals surface area contributed by atoms with Crippen molar-refractivity contribution in [3.63, 3.8) is 0 Å². The Morgan fingerprint density at radius 3 is 1.06 bits per heavy atom. The summed E-state index contributed by atoms with van der Waals surface area (Å²) in [5.74, 6) is -13.5. The monoisotopic (exact) mass is 1360 g/mol. The van der Waals surface area contributed by atoms with E-state index in [-0.39, 0.29) is 89.1 Å². The molecule has 0 saturated carbocycles. The molecule has 10 atom stereocenters.